The zero-order chi connectivity index (χ0) is 12.3. The first-order valence-electron chi connectivity index (χ1n) is 4.63. The lowest BCUT2D eigenvalue weighted by molar-refractivity contribution is -0.138. The van der Waals surface area contributed by atoms with Gasteiger partial charge in [-0.05, 0) is 48.0 Å². The number of ether oxygens (including phenoxy) is 1. The molecule has 0 aliphatic rings. The van der Waals surface area contributed by atoms with Crippen LogP contribution < -0.4 is 4.74 Å². The normalized spacial score (nSPS) is 11.2. The van der Waals surface area contributed by atoms with Gasteiger partial charge in [-0.3, -0.25) is 4.79 Å². The van der Waals surface area contributed by atoms with Gasteiger partial charge in [-0.15, -0.1) is 11.8 Å². The molecular weight excluding hydrogens is 292 g/mol. The summed E-state index contributed by atoms with van der Waals surface area (Å²) in [7, 11) is 1.59. The molecule has 1 aromatic rings. The van der Waals surface area contributed by atoms with Gasteiger partial charge in [0, 0.05) is 4.90 Å². The van der Waals surface area contributed by atoms with Crippen LogP contribution in [0.4, 0.5) is 0 Å². The summed E-state index contributed by atoms with van der Waals surface area (Å²) in [5, 5.41) is 9.02. The summed E-state index contributed by atoms with van der Waals surface area (Å²) in [6.45, 7) is 3.36. The first kappa shape index (κ1) is 13.4. The molecule has 1 aromatic carbocycles. The number of benzene rings is 1. The van der Waals surface area contributed by atoms with Crippen LogP contribution in [0.15, 0.2) is 27.6 Å². The monoisotopic (exact) mass is 304 g/mol. The molecule has 0 radical (unpaired) electrons. The van der Waals surface area contributed by atoms with E-state index in [-0.39, 0.29) is 0 Å². The summed E-state index contributed by atoms with van der Waals surface area (Å²) < 4.78 is 5.09. The summed E-state index contributed by atoms with van der Waals surface area (Å²) in [5.41, 5.74) is 0. The molecule has 0 aliphatic carbocycles. The Hall–Kier alpha value is -0.680. The molecule has 16 heavy (non-hydrogen) atoms. The number of thioether (sulfide) groups is 1. The Morgan fingerprint density at radius 3 is 2.56 bits per heavy atom. The molecule has 0 bridgehead atoms. The highest BCUT2D eigenvalue weighted by atomic mass is 79.9. The van der Waals surface area contributed by atoms with E-state index in [1.165, 1.54) is 11.8 Å². The van der Waals surface area contributed by atoms with Crippen LogP contribution in [-0.2, 0) is 4.79 Å². The Balaban J connectivity index is 2.91. The third-order valence-corrected chi connectivity index (χ3v) is 3.81. The first-order chi connectivity index (χ1) is 7.36. The van der Waals surface area contributed by atoms with Crippen molar-refractivity contribution in [1.82, 2.24) is 0 Å². The van der Waals surface area contributed by atoms with E-state index in [0.717, 1.165) is 15.1 Å². The summed E-state index contributed by atoms with van der Waals surface area (Å²) >= 11 is 4.67. The van der Waals surface area contributed by atoms with E-state index in [1.54, 1.807) is 21.0 Å². The predicted molar refractivity (Wildman–Crippen MR) is 68.3 cm³/mol. The molecule has 0 saturated carbocycles. The summed E-state index contributed by atoms with van der Waals surface area (Å²) in [5.74, 6) is -0.0954. The van der Waals surface area contributed by atoms with E-state index in [0.29, 0.717) is 0 Å². The maximum Gasteiger partial charge on any atom is 0.319 e. The zero-order valence-corrected chi connectivity index (χ0v) is 11.7. The Morgan fingerprint density at radius 2 is 2.12 bits per heavy atom. The SMILES string of the molecule is COc1ccc(SC(C)(C)C(=O)O)cc1Br. The van der Waals surface area contributed by atoms with E-state index in [2.05, 4.69) is 15.9 Å². The number of hydrogen-bond donors (Lipinski definition) is 1. The number of methoxy groups -OCH3 is 1. The van der Waals surface area contributed by atoms with Crippen molar-refractivity contribution in [3.63, 3.8) is 0 Å². The minimum atomic E-state index is -0.839. The van der Waals surface area contributed by atoms with Crippen LogP contribution in [0.25, 0.3) is 0 Å². The fourth-order valence-electron chi connectivity index (χ4n) is 1.05. The Kier molecular flexibility index (Phi) is 4.27. The third kappa shape index (κ3) is 3.15. The van der Waals surface area contributed by atoms with Gasteiger partial charge in [0.2, 0.25) is 0 Å². The molecule has 0 atom stereocenters. The maximum absolute atomic E-state index is 11.0. The molecule has 88 valence electrons. The van der Waals surface area contributed by atoms with Crippen LogP contribution in [0, 0.1) is 0 Å². The van der Waals surface area contributed by atoms with Crippen LogP contribution in [0.1, 0.15) is 13.8 Å². The highest BCUT2D eigenvalue weighted by Gasteiger charge is 2.28. The lowest BCUT2D eigenvalue weighted by Crippen LogP contribution is -2.26. The highest BCUT2D eigenvalue weighted by Crippen LogP contribution is 2.36. The molecule has 5 heteroatoms. The average Bonchev–Trinajstić information content (AvgIpc) is 2.17. The minimum absolute atomic E-state index is 0.734. The fraction of sp³-hybridized carbons (Fsp3) is 0.364. The summed E-state index contributed by atoms with van der Waals surface area (Å²) in [6, 6.07) is 5.51. The van der Waals surface area contributed by atoms with E-state index in [9.17, 15) is 4.79 Å². The largest absolute Gasteiger partial charge is 0.496 e. The Labute approximate surface area is 107 Å². The van der Waals surface area contributed by atoms with Crippen molar-refractivity contribution in [2.24, 2.45) is 0 Å². The van der Waals surface area contributed by atoms with Crippen LogP contribution in [0.2, 0.25) is 0 Å². The van der Waals surface area contributed by atoms with Crippen LogP contribution in [-0.4, -0.2) is 22.9 Å². The van der Waals surface area contributed by atoms with Crippen molar-refractivity contribution in [3.05, 3.63) is 22.7 Å². The number of carboxylic acids is 1. The number of rotatable bonds is 4. The van der Waals surface area contributed by atoms with Gasteiger partial charge in [-0.1, -0.05) is 0 Å². The lowest BCUT2D eigenvalue weighted by Gasteiger charge is -2.18. The standard InChI is InChI=1S/C11H13BrO3S/c1-11(2,10(13)14)16-7-4-5-9(15-3)8(12)6-7/h4-6H,1-3H3,(H,13,14). The second-order valence-electron chi connectivity index (χ2n) is 3.71. The number of carbonyl (C=O) groups is 1. The molecule has 0 heterocycles. The fourth-order valence-corrected chi connectivity index (χ4v) is 2.73. The lowest BCUT2D eigenvalue weighted by atomic mass is 10.2. The van der Waals surface area contributed by atoms with E-state index in [4.69, 9.17) is 9.84 Å². The molecule has 0 amide bonds. The van der Waals surface area contributed by atoms with Crippen molar-refractivity contribution in [2.45, 2.75) is 23.5 Å². The van der Waals surface area contributed by atoms with Crippen LogP contribution >= 0.6 is 27.7 Å². The average molecular weight is 305 g/mol. The van der Waals surface area contributed by atoms with Gasteiger partial charge in [-0.2, -0.15) is 0 Å². The van der Waals surface area contributed by atoms with Crippen LogP contribution in [0.3, 0.4) is 0 Å². The molecule has 1 rings (SSSR count). The molecular formula is C11H13BrO3S. The molecule has 3 nitrogen and oxygen atoms in total. The molecule has 0 spiro atoms. The molecule has 0 saturated heterocycles. The van der Waals surface area contributed by atoms with E-state index >= 15 is 0 Å². The zero-order valence-electron chi connectivity index (χ0n) is 9.28. The second-order valence-corrected chi connectivity index (χ2v) is 6.26. The van der Waals surface area contributed by atoms with Crippen LogP contribution in [0.5, 0.6) is 5.75 Å². The predicted octanol–water partition coefficient (Wildman–Crippen LogP) is 3.41. The topological polar surface area (TPSA) is 46.5 Å². The first-order valence-corrected chi connectivity index (χ1v) is 6.23. The Bertz CT molecular complexity index is 404. The molecule has 0 unspecified atom stereocenters. The molecule has 0 aliphatic heterocycles. The number of hydrogen-bond acceptors (Lipinski definition) is 3. The van der Waals surface area contributed by atoms with Crippen molar-refractivity contribution in [1.29, 1.82) is 0 Å². The second kappa shape index (κ2) is 5.10. The minimum Gasteiger partial charge on any atom is -0.496 e. The summed E-state index contributed by atoms with van der Waals surface area (Å²) in [4.78, 5) is 11.9. The van der Waals surface area contributed by atoms with Gasteiger partial charge < -0.3 is 9.84 Å². The van der Waals surface area contributed by atoms with Gasteiger partial charge in [0.1, 0.15) is 10.5 Å². The smallest absolute Gasteiger partial charge is 0.319 e. The van der Waals surface area contributed by atoms with Gasteiger partial charge in [0.15, 0.2) is 0 Å². The maximum atomic E-state index is 11.0. The van der Waals surface area contributed by atoms with E-state index in [1.807, 2.05) is 18.2 Å². The van der Waals surface area contributed by atoms with Crippen molar-refractivity contribution >= 4 is 33.7 Å². The molecule has 0 aromatic heterocycles. The third-order valence-electron chi connectivity index (χ3n) is 2.01. The van der Waals surface area contributed by atoms with Crippen molar-refractivity contribution in [3.8, 4) is 5.75 Å². The van der Waals surface area contributed by atoms with Gasteiger partial charge in [0.25, 0.3) is 0 Å². The molecule has 1 N–H and O–H groups in total. The quantitative estimate of drug-likeness (QED) is 0.866. The number of halogens is 1. The van der Waals surface area contributed by atoms with Gasteiger partial charge in [-0.25, -0.2) is 0 Å². The Morgan fingerprint density at radius 1 is 1.50 bits per heavy atom. The summed E-state index contributed by atoms with van der Waals surface area (Å²) in [6.07, 6.45) is 0. The highest BCUT2D eigenvalue weighted by molar-refractivity contribution is 9.10. The van der Waals surface area contributed by atoms with Gasteiger partial charge >= 0.3 is 5.97 Å². The van der Waals surface area contributed by atoms with E-state index < -0.39 is 10.7 Å². The number of carboxylic acid groups (broad SMARTS) is 1. The molecule has 0 fully saturated rings. The van der Waals surface area contributed by atoms with Crippen molar-refractivity contribution < 1.29 is 14.6 Å². The van der Waals surface area contributed by atoms with Gasteiger partial charge in [0.05, 0.1) is 11.6 Å². The number of aliphatic carboxylic acids is 1. The van der Waals surface area contributed by atoms with Crippen molar-refractivity contribution in [2.75, 3.05) is 7.11 Å².